The third-order valence-electron chi connectivity index (χ3n) is 2.70. The molecule has 0 N–H and O–H groups in total. The van der Waals surface area contributed by atoms with Gasteiger partial charge in [0.25, 0.3) is 0 Å². The first-order valence-electron chi connectivity index (χ1n) is 6.07. The number of carbonyl (C=O) groups excluding carboxylic acids is 2. The van der Waals surface area contributed by atoms with Gasteiger partial charge < -0.3 is 9.64 Å². The van der Waals surface area contributed by atoms with Crippen LogP contribution in [-0.2, 0) is 14.3 Å². The fourth-order valence-electron chi connectivity index (χ4n) is 1.56. The van der Waals surface area contributed by atoms with E-state index in [1.54, 1.807) is 11.8 Å². The molecule has 0 radical (unpaired) electrons. The lowest BCUT2D eigenvalue weighted by molar-refractivity contribution is -0.149. The largest absolute Gasteiger partial charge is 0.465 e. The summed E-state index contributed by atoms with van der Waals surface area (Å²) in [5.74, 6) is -0.113. The smallest absolute Gasteiger partial charge is 0.325 e. The minimum atomic E-state index is -0.323. The van der Waals surface area contributed by atoms with Gasteiger partial charge in [0.2, 0.25) is 5.91 Å². The van der Waals surface area contributed by atoms with Crippen LogP contribution in [0.15, 0.2) is 0 Å². The van der Waals surface area contributed by atoms with Crippen molar-refractivity contribution < 1.29 is 14.3 Å². The monoisotopic (exact) mass is 305 g/mol. The lowest BCUT2D eigenvalue weighted by Gasteiger charge is -2.25. The van der Waals surface area contributed by atoms with Gasteiger partial charge in [0.05, 0.1) is 11.4 Å². The van der Waals surface area contributed by atoms with Crippen molar-refractivity contribution in [2.45, 2.75) is 44.5 Å². The minimum absolute atomic E-state index is 0.00412. The van der Waals surface area contributed by atoms with E-state index in [-0.39, 0.29) is 35.2 Å². The van der Waals surface area contributed by atoms with Crippen LogP contribution < -0.4 is 0 Å². The molecule has 5 heteroatoms. The number of hydrogen-bond donors (Lipinski definition) is 0. The molecule has 0 bridgehead atoms. The molecule has 98 valence electrons. The van der Waals surface area contributed by atoms with Crippen molar-refractivity contribution >= 4 is 27.8 Å². The van der Waals surface area contributed by atoms with Gasteiger partial charge in [0, 0.05) is 6.04 Å². The van der Waals surface area contributed by atoms with E-state index in [1.165, 1.54) is 0 Å². The van der Waals surface area contributed by atoms with Crippen molar-refractivity contribution in [3.63, 3.8) is 0 Å². The maximum absolute atomic E-state index is 12.2. The molecule has 0 spiro atoms. The number of rotatable bonds is 6. The molecular weight excluding hydrogens is 286 g/mol. The zero-order chi connectivity index (χ0) is 13.0. The number of alkyl halides is 1. The van der Waals surface area contributed by atoms with E-state index in [9.17, 15) is 9.59 Å². The van der Waals surface area contributed by atoms with Crippen molar-refractivity contribution in [3.8, 4) is 0 Å². The molecule has 0 aromatic carbocycles. The molecule has 0 heterocycles. The van der Waals surface area contributed by atoms with Gasteiger partial charge in [-0.3, -0.25) is 9.59 Å². The van der Waals surface area contributed by atoms with Gasteiger partial charge in [-0.1, -0.05) is 29.8 Å². The summed E-state index contributed by atoms with van der Waals surface area (Å²) in [6.07, 6.45) is 1.98. The van der Waals surface area contributed by atoms with Crippen LogP contribution in [-0.4, -0.2) is 40.8 Å². The Hall–Kier alpha value is -0.580. The number of hydrogen-bond acceptors (Lipinski definition) is 3. The number of amides is 1. The Bertz CT molecular complexity index is 289. The van der Waals surface area contributed by atoms with Gasteiger partial charge in [-0.2, -0.15) is 0 Å². The van der Waals surface area contributed by atoms with Gasteiger partial charge in [0.1, 0.15) is 6.54 Å². The number of esters is 1. The first kappa shape index (κ1) is 14.5. The van der Waals surface area contributed by atoms with Gasteiger partial charge in [0.15, 0.2) is 0 Å². The summed E-state index contributed by atoms with van der Waals surface area (Å²) in [7, 11) is 0. The van der Waals surface area contributed by atoms with Gasteiger partial charge >= 0.3 is 5.97 Å². The number of ether oxygens (including phenoxy) is 1. The summed E-state index contributed by atoms with van der Waals surface area (Å²) < 4.78 is 4.89. The molecular formula is C12H20BrNO3. The van der Waals surface area contributed by atoms with E-state index in [2.05, 4.69) is 15.9 Å². The van der Waals surface area contributed by atoms with E-state index >= 15 is 0 Å². The van der Waals surface area contributed by atoms with E-state index in [0.29, 0.717) is 6.61 Å². The summed E-state index contributed by atoms with van der Waals surface area (Å²) >= 11 is 3.39. The Morgan fingerprint density at radius 2 is 2.00 bits per heavy atom. The lowest BCUT2D eigenvalue weighted by atomic mass is 10.1. The van der Waals surface area contributed by atoms with Crippen LogP contribution in [0.25, 0.3) is 0 Å². The Morgan fingerprint density at radius 1 is 1.41 bits per heavy atom. The quantitative estimate of drug-likeness (QED) is 0.557. The second kappa shape index (κ2) is 6.38. The second-order valence-electron chi connectivity index (χ2n) is 4.65. The predicted octanol–water partition coefficient (Wildman–Crippen LogP) is 1.96. The van der Waals surface area contributed by atoms with Crippen LogP contribution in [0.2, 0.25) is 0 Å². The molecule has 1 amide bonds. The van der Waals surface area contributed by atoms with Crippen molar-refractivity contribution in [1.82, 2.24) is 4.90 Å². The van der Waals surface area contributed by atoms with Crippen LogP contribution in [0.5, 0.6) is 0 Å². The Balaban J connectivity index is 2.59. The third kappa shape index (κ3) is 4.30. The molecule has 4 nitrogen and oxygen atoms in total. The lowest BCUT2D eigenvalue weighted by Crippen LogP contribution is -2.43. The summed E-state index contributed by atoms with van der Waals surface area (Å²) in [6, 6.07) is 0.228. The standard InChI is InChI=1S/C12H20BrNO3/c1-4-17-10(15)7-14(9-5-6-9)12(16)11(13)8(2)3/h8-9,11H,4-7H2,1-3H3. The van der Waals surface area contributed by atoms with Crippen molar-refractivity contribution in [1.29, 1.82) is 0 Å². The highest BCUT2D eigenvalue weighted by molar-refractivity contribution is 9.10. The average Bonchev–Trinajstić information content (AvgIpc) is 3.08. The van der Waals surface area contributed by atoms with Gasteiger partial charge in [-0.25, -0.2) is 0 Å². The molecule has 1 aliphatic rings. The molecule has 0 aliphatic heterocycles. The van der Waals surface area contributed by atoms with Crippen molar-refractivity contribution in [2.75, 3.05) is 13.2 Å². The maximum Gasteiger partial charge on any atom is 0.325 e. The fraction of sp³-hybridized carbons (Fsp3) is 0.833. The van der Waals surface area contributed by atoms with Crippen LogP contribution in [0.3, 0.4) is 0 Å². The molecule has 1 atom stereocenters. The van der Waals surface area contributed by atoms with Crippen LogP contribution >= 0.6 is 15.9 Å². The molecule has 0 saturated heterocycles. The normalized spacial score (nSPS) is 16.8. The molecule has 0 aromatic heterocycles. The Kier molecular flexibility index (Phi) is 5.43. The first-order valence-corrected chi connectivity index (χ1v) is 6.99. The zero-order valence-electron chi connectivity index (χ0n) is 10.6. The van der Waals surface area contributed by atoms with E-state index in [4.69, 9.17) is 4.74 Å². The number of carbonyl (C=O) groups is 2. The molecule has 1 saturated carbocycles. The highest BCUT2D eigenvalue weighted by Crippen LogP contribution is 2.29. The fourth-order valence-corrected chi connectivity index (χ4v) is 1.83. The molecule has 1 fully saturated rings. The zero-order valence-corrected chi connectivity index (χ0v) is 12.2. The van der Waals surface area contributed by atoms with Crippen LogP contribution in [0.1, 0.15) is 33.6 Å². The summed E-state index contributed by atoms with van der Waals surface area (Å²) in [4.78, 5) is 25.1. The second-order valence-corrected chi connectivity index (χ2v) is 5.63. The SMILES string of the molecule is CCOC(=O)CN(C(=O)C(Br)C(C)C)C1CC1. The summed E-state index contributed by atoms with van der Waals surface area (Å²) in [5, 5.41) is 0. The first-order chi connectivity index (χ1) is 7.97. The van der Waals surface area contributed by atoms with Crippen LogP contribution in [0, 0.1) is 5.92 Å². The predicted molar refractivity (Wildman–Crippen MR) is 68.9 cm³/mol. The van der Waals surface area contributed by atoms with Crippen LogP contribution in [0.4, 0.5) is 0 Å². The maximum atomic E-state index is 12.2. The number of nitrogens with zero attached hydrogens (tertiary/aromatic N) is 1. The van der Waals surface area contributed by atoms with Crippen molar-refractivity contribution in [2.24, 2.45) is 5.92 Å². The third-order valence-corrected chi connectivity index (χ3v) is 4.15. The Morgan fingerprint density at radius 3 is 2.41 bits per heavy atom. The Labute approximate surface area is 111 Å². The highest BCUT2D eigenvalue weighted by atomic mass is 79.9. The molecule has 1 unspecified atom stereocenters. The molecule has 0 aromatic rings. The van der Waals surface area contributed by atoms with E-state index in [0.717, 1.165) is 12.8 Å². The van der Waals surface area contributed by atoms with Gasteiger partial charge in [-0.05, 0) is 25.7 Å². The van der Waals surface area contributed by atoms with Crippen molar-refractivity contribution in [3.05, 3.63) is 0 Å². The van der Waals surface area contributed by atoms with E-state index < -0.39 is 0 Å². The van der Waals surface area contributed by atoms with E-state index in [1.807, 2.05) is 13.8 Å². The highest BCUT2D eigenvalue weighted by Gasteiger charge is 2.37. The molecule has 17 heavy (non-hydrogen) atoms. The topological polar surface area (TPSA) is 46.6 Å². The number of halogens is 1. The molecule has 1 aliphatic carbocycles. The summed E-state index contributed by atoms with van der Waals surface area (Å²) in [6.45, 7) is 6.15. The van der Waals surface area contributed by atoms with Gasteiger partial charge in [-0.15, -0.1) is 0 Å². The summed E-state index contributed by atoms with van der Waals surface area (Å²) in [5.41, 5.74) is 0. The minimum Gasteiger partial charge on any atom is -0.465 e. The average molecular weight is 306 g/mol. The molecule has 1 rings (SSSR count).